The number of ether oxygens (including phenoxy) is 1. The quantitative estimate of drug-likeness (QED) is 0.459. The monoisotopic (exact) mass is 376 g/mol. The molecule has 1 aromatic rings. The number of esters is 1. The Bertz CT molecular complexity index is 636. The number of carbonyl (C=O) groups excluding carboxylic acids is 2. The minimum absolute atomic E-state index is 0.0343. The van der Waals surface area contributed by atoms with Crippen LogP contribution < -0.4 is 4.90 Å². The summed E-state index contributed by atoms with van der Waals surface area (Å²) in [5.74, 6) is -1.53. The summed E-state index contributed by atoms with van der Waals surface area (Å²) in [7, 11) is 1.23. The maximum Gasteiger partial charge on any atom is 0.311 e. The first kappa shape index (κ1) is 15.7. The van der Waals surface area contributed by atoms with Gasteiger partial charge in [-0.3, -0.25) is 19.7 Å². The Hall–Kier alpha value is -1.67. The van der Waals surface area contributed by atoms with Gasteiger partial charge in [-0.05, 0) is 22.0 Å². The van der Waals surface area contributed by atoms with Crippen LogP contribution in [0.3, 0.4) is 0 Å². The Labute approximate surface area is 133 Å². The summed E-state index contributed by atoms with van der Waals surface area (Å²) < 4.78 is 4.93. The molecule has 1 aliphatic heterocycles. The number of methoxy groups -OCH3 is 1. The fourth-order valence-electron chi connectivity index (χ4n) is 2.21. The zero-order chi connectivity index (χ0) is 15.7. The van der Waals surface area contributed by atoms with Crippen molar-refractivity contribution in [2.75, 3.05) is 18.6 Å². The number of carbonyl (C=O) groups is 2. The lowest BCUT2D eigenvalue weighted by molar-refractivity contribution is -0.384. The standard InChI is InChI=1S/C12H10BrClN2O5/c1-21-12(18)6-2-10(17)15(5-6)11-8(13)3-7(14)4-9(11)16(19)20/h3-4,6H,2,5H2,1H3. The molecule has 9 heteroatoms. The summed E-state index contributed by atoms with van der Waals surface area (Å²) in [5, 5.41) is 11.3. The molecule has 0 spiro atoms. The zero-order valence-electron chi connectivity index (χ0n) is 10.8. The Balaban J connectivity index is 2.45. The lowest BCUT2D eigenvalue weighted by Gasteiger charge is -2.18. The molecular weight excluding hydrogens is 367 g/mol. The smallest absolute Gasteiger partial charge is 0.311 e. The number of benzene rings is 1. The van der Waals surface area contributed by atoms with Gasteiger partial charge in [0.05, 0.1) is 18.0 Å². The van der Waals surface area contributed by atoms with Crippen molar-refractivity contribution in [2.24, 2.45) is 5.92 Å². The molecule has 21 heavy (non-hydrogen) atoms. The van der Waals surface area contributed by atoms with Gasteiger partial charge in [0.1, 0.15) is 5.69 Å². The number of hydrogen-bond donors (Lipinski definition) is 0. The van der Waals surface area contributed by atoms with Gasteiger partial charge < -0.3 is 9.64 Å². The lowest BCUT2D eigenvalue weighted by Crippen LogP contribution is -2.27. The molecule has 1 saturated heterocycles. The lowest BCUT2D eigenvalue weighted by atomic mass is 10.1. The summed E-state index contributed by atoms with van der Waals surface area (Å²) >= 11 is 8.98. The average molecular weight is 378 g/mol. The van der Waals surface area contributed by atoms with Crippen molar-refractivity contribution in [2.45, 2.75) is 6.42 Å². The predicted octanol–water partition coefficient (Wildman–Crippen LogP) is 2.54. The molecule has 0 N–H and O–H groups in total. The highest BCUT2D eigenvalue weighted by atomic mass is 79.9. The highest BCUT2D eigenvalue weighted by Gasteiger charge is 2.39. The van der Waals surface area contributed by atoms with E-state index < -0.39 is 16.8 Å². The molecule has 1 atom stereocenters. The van der Waals surface area contributed by atoms with Crippen LogP contribution in [-0.4, -0.2) is 30.5 Å². The number of hydrogen-bond acceptors (Lipinski definition) is 5. The molecule has 112 valence electrons. The Morgan fingerprint density at radius 1 is 1.57 bits per heavy atom. The second kappa shape index (κ2) is 5.98. The van der Waals surface area contributed by atoms with E-state index in [1.54, 1.807) is 0 Å². The van der Waals surface area contributed by atoms with E-state index in [9.17, 15) is 19.7 Å². The molecule has 1 unspecified atom stereocenters. The van der Waals surface area contributed by atoms with Crippen LogP contribution in [0, 0.1) is 16.0 Å². The second-order valence-electron chi connectivity index (χ2n) is 4.44. The van der Waals surface area contributed by atoms with Crippen LogP contribution in [0.1, 0.15) is 6.42 Å². The van der Waals surface area contributed by atoms with Crippen molar-refractivity contribution in [3.8, 4) is 0 Å². The molecule has 0 bridgehead atoms. The van der Waals surface area contributed by atoms with E-state index in [0.29, 0.717) is 4.47 Å². The van der Waals surface area contributed by atoms with E-state index in [-0.39, 0.29) is 35.3 Å². The molecule has 7 nitrogen and oxygen atoms in total. The molecule has 0 radical (unpaired) electrons. The molecule has 1 aromatic carbocycles. The van der Waals surface area contributed by atoms with Crippen LogP contribution >= 0.6 is 27.5 Å². The van der Waals surface area contributed by atoms with E-state index >= 15 is 0 Å². The highest BCUT2D eigenvalue weighted by Crippen LogP contribution is 2.41. The van der Waals surface area contributed by atoms with Gasteiger partial charge in [-0.25, -0.2) is 0 Å². The maximum absolute atomic E-state index is 12.1. The first-order valence-corrected chi connectivity index (χ1v) is 7.04. The van der Waals surface area contributed by atoms with Crippen LogP contribution in [0.25, 0.3) is 0 Å². The third-order valence-corrected chi connectivity index (χ3v) is 3.96. The third kappa shape index (κ3) is 3.01. The minimum Gasteiger partial charge on any atom is -0.469 e. The fourth-order valence-corrected chi connectivity index (χ4v) is 3.22. The molecule has 0 aromatic heterocycles. The van der Waals surface area contributed by atoms with Gasteiger partial charge in [0, 0.05) is 28.5 Å². The number of rotatable bonds is 3. The van der Waals surface area contributed by atoms with Crippen LogP contribution in [0.15, 0.2) is 16.6 Å². The number of nitro groups is 1. The molecule has 1 fully saturated rings. The van der Waals surface area contributed by atoms with Crippen molar-refractivity contribution in [3.63, 3.8) is 0 Å². The largest absolute Gasteiger partial charge is 0.469 e. The van der Waals surface area contributed by atoms with Crippen LogP contribution in [0.4, 0.5) is 11.4 Å². The van der Waals surface area contributed by atoms with Gasteiger partial charge >= 0.3 is 5.97 Å². The topological polar surface area (TPSA) is 89.8 Å². The number of anilines is 1. The Morgan fingerprint density at radius 3 is 2.81 bits per heavy atom. The van der Waals surface area contributed by atoms with Gasteiger partial charge in [0.2, 0.25) is 5.91 Å². The van der Waals surface area contributed by atoms with Gasteiger partial charge in [0.15, 0.2) is 0 Å². The SMILES string of the molecule is COC(=O)C1CC(=O)N(c2c(Br)cc(Cl)cc2[N+](=O)[O-])C1. The molecule has 2 rings (SSSR count). The number of halogens is 2. The minimum atomic E-state index is -0.635. The van der Waals surface area contributed by atoms with Crippen molar-refractivity contribution in [1.29, 1.82) is 0 Å². The molecule has 0 saturated carbocycles. The number of amides is 1. The normalized spacial score (nSPS) is 18.0. The summed E-state index contributed by atoms with van der Waals surface area (Å²) in [5.41, 5.74) is -0.200. The van der Waals surface area contributed by atoms with E-state index in [4.69, 9.17) is 11.6 Å². The first-order valence-electron chi connectivity index (χ1n) is 5.86. The summed E-state index contributed by atoms with van der Waals surface area (Å²) in [4.78, 5) is 35.3. The van der Waals surface area contributed by atoms with E-state index in [1.807, 2.05) is 0 Å². The highest BCUT2D eigenvalue weighted by molar-refractivity contribution is 9.10. The summed E-state index contributed by atoms with van der Waals surface area (Å²) in [6.45, 7) is 0.0343. The van der Waals surface area contributed by atoms with Crippen LogP contribution in [-0.2, 0) is 14.3 Å². The van der Waals surface area contributed by atoms with Crippen molar-refractivity contribution >= 4 is 50.8 Å². The third-order valence-electron chi connectivity index (χ3n) is 3.13. The van der Waals surface area contributed by atoms with Crippen LogP contribution in [0.2, 0.25) is 5.02 Å². The summed E-state index contributed by atoms with van der Waals surface area (Å²) in [6.07, 6.45) is -0.0428. The van der Waals surface area contributed by atoms with Crippen molar-refractivity contribution < 1.29 is 19.2 Å². The molecule has 1 amide bonds. The predicted molar refractivity (Wildman–Crippen MR) is 78.3 cm³/mol. The van der Waals surface area contributed by atoms with Gasteiger partial charge in [-0.2, -0.15) is 0 Å². The fraction of sp³-hybridized carbons (Fsp3) is 0.333. The number of nitro benzene ring substituents is 1. The maximum atomic E-state index is 12.1. The number of nitrogens with zero attached hydrogens (tertiary/aromatic N) is 2. The van der Waals surface area contributed by atoms with E-state index in [2.05, 4.69) is 20.7 Å². The van der Waals surface area contributed by atoms with Crippen molar-refractivity contribution in [1.82, 2.24) is 0 Å². The van der Waals surface area contributed by atoms with Crippen LogP contribution in [0.5, 0.6) is 0 Å². The molecular formula is C12H10BrClN2O5. The van der Waals surface area contributed by atoms with Gasteiger partial charge in [-0.1, -0.05) is 11.6 Å². The van der Waals surface area contributed by atoms with Gasteiger partial charge in [-0.15, -0.1) is 0 Å². The van der Waals surface area contributed by atoms with Gasteiger partial charge in [0.25, 0.3) is 5.69 Å². The Kier molecular flexibility index (Phi) is 4.48. The molecule has 0 aliphatic carbocycles. The summed E-state index contributed by atoms with van der Waals surface area (Å²) in [6, 6.07) is 2.63. The van der Waals surface area contributed by atoms with E-state index in [1.165, 1.54) is 24.1 Å². The Morgan fingerprint density at radius 2 is 2.24 bits per heavy atom. The zero-order valence-corrected chi connectivity index (χ0v) is 13.2. The second-order valence-corrected chi connectivity index (χ2v) is 5.73. The molecule has 1 aliphatic rings. The first-order chi connectivity index (χ1) is 9.85. The van der Waals surface area contributed by atoms with Crippen molar-refractivity contribution in [3.05, 3.63) is 31.7 Å². The van der Waals surface area contributed by atoms with E-state index in [0.717, 1.165) is 0 Å². The average Bonchev–Trinajstić information content (AvgIpc) is 2.78. The molecule has 1 heterocycles.